The Hall–Kier alpha value is -1.40. The van der Waals surface area contributed by atoms with Crippen LogP contribution in [0.2, 0.25) is 0 Å². The lowest BCUT2D eigenvalue weighted by Gasteiger charge is -2.02. The molecule has 0 aliphatic heterocycles. The van der Waals surface area contributed by atoms with Crippen LogP contribution in [0.25, 0.3) is 0 Å². The van der Waals surface area contributed by atoms with Gasteiger partial charge in [-0.15, -0.1) is 25.2 Å². The van der Waals surface area contributed by atoms with Gasteiger partial charge >= 0.3 is 47.4 Å². The van der Waals surface area contributed by atoms with E-state index in [9.17, 15) is 34.3 Å². The molecule has 0 aliphatic carbocycles. The fraction of sp³-hybridized carbons (Fsp3) is 0. The number of hydrogen-bond acceptors (Lipinski definition) is 8. The predicted molar refractivity (Wildman–Crippen MR) is 129 cm³/mol. The van der Waals surface area contributed by atoms with Gasteiger partial charge < -0.3 is 9.05 Å². The first-order valence-corrected chi connectivity index (χ1v) is 17.7. The van der Waals surface area contributed by atoms with Crippen molar-refractivity contribution in [3.05, 3.63) is 60.7 Å². The van der Waals surface area contributed by atoms with Crippen molar-refractivity contribution in [3.63, 3.8) is 0 Å². The summed E-state index contributed by atoms with van der Waals surface area (Å²) in [5, 5.41) is 0. The molecule has 2 atom stereocenters. The Balaban J connectivity index is -0.000000217. The van der Waals surface area contributed by atoms with Crippen LogP contribution in [0.4, 0.5) is 25.2 Å². The zero-order valence-corrected chi connectivity index (χ0v) is 24.8. The van der Waals surface area contributed by atoms with E-state index < -0.39 is 47.4 Å². The molecule has 18 nitrogen and oxygen atoms in total. The van der Waals surface area contributed by atoms with Crippen molar-refractivity contribution < 1.29 is 111 Å². The van der Waals surface area contributed by atoms with E-state index in [-0.39, 0.29) is 11.5 Å². The molecular formula is C12H20F6O18P6. The maximum Gasteiger partial charge on any atom is 0.567 e. The molecule has 0 saturated heterocycles. The molecule has 42 heavy (non-hydrogen) atoms. The molecule has 0 radical (unpaired) electrons. The van der Waals surface area contributed by atoms with Crippen molar-refractivity contribution in [2.24, 2.45) is 0 Å². The van der Waals surface area contributed by atoms with E-state index >= 15 is 0 Å². The molecular weight excluding hydrogens is 732 g/mol. The Labute approximate surface area is 230 Å². The zero-order valence-electron chi connectivity index (χ0n) is 19.5. The molecule has 0 saturated carbocycles. The number of hydrogen-bond donors (Lipinski definition) is 10. The number of benzene rings is 2. The standard InChI is InChI=1S/2C6H6FO3P.4FH2O3P/c2*7-11(8,9)10-6-4-2-1-3-5-6;4*1-5(2,3)4/h2*1-5H,(H,8,9);4*(H2,2,3,4). The van der Waals surface area contributed by atoms with E-state index in [1.165, 1.54) is 24.3 Å². The highest BCUT2D eigenvalue weighted by Crippen LogP contribution is 2.44. The maximum atomic E-state index is 12.0. The average Bonchev–Trinajstić information content (AvgIpc) is 2.62. The molecule has 2 aromatic carbocycles. The summed E-state index contributed by atoms with van der Waals surface area (Å²) >= 11 is 0. The molecule has 248 valence electrons. The lowest BCUT2D eigenvalue weighted by atomic mass is 10.3. The van der Waals surface area contributed by atoms with Gasteiger partial charge in [-0.2, -0.15) is 0 Å². The van der Waals surface area contributed by atoms with Gasteiger partial charge in [0.2, 0.25) is 0 Å². The van der Waals surface area contributed by atoms with Gasteiger partial charge in [-0.25, -0.2) is 27.4 Å². The van der Waals surface area contributed by atoms with Gasteiger partial charge in [-0.1, -0.05) is 36.4 Å². The van der Waals surface area contributed by atoms with Gasteiger partial charge in [0.15, 0.2) is 0 Å². The van der Waals surface area contributed by atoms with Crippen LogP contribution in [-0.4, -0.2) is 48.9 Å². The molecule has 2 aromatic rings. The quantitative estimate of drug-likeness (QED) is 0.152. The largest absolute Gasteiger partial charge is 0.567 e. The Morgan fingerprint density at radius 3 is 0.643 bits per heavy atom. The van der Waals surface area contributed by atoms with E-state index in [2.05, 4.69) is 9.05 Å². The molecule has 2 unspecified atom stereocenters. The second kappa shape index (κ2) is 21.3. The normalized spacial score (nSPS) is 13.7. The van der Waals surface area contributed by atoms with Crippen LogP contribution in [0, 0.1) is 0 Å². The topological polar surface area (TPSA) is 323 Å². The van der Waals surface area contributed by atoms with E-state index in [0.717, 1.165) is 0 Å². The Morgan fingerprint density at radius 1 is 0.381 bits per heavy atom. The monoisotopic (exact) mass is 752 g/mol. The molecule has 0 amide bonds. The maximum absolute atomic E-state index is 12.0. The molecule has 2 rings (SSSR count). The van der Waals surface area contributed by atoms with Crippen LogP contribution in [0.1, 0.15) is 0 Å². The van der Waals surface area contributed by atoms with Crippen molar-refractivity contribution in [3.8, 4) is 11.5 Å². The lowest BCUT2D eigenvalue weighted by Crippen LogP contribution is -1.84. The summed E-state index contributed by atoms with van der Waals surface area (Å²) in [5.74, 6) is 0.0849. The Kier molecular flexibility index (Phi) is 24.1. The summed E-state index contributed by atoms with van der Waals surface area (Å²) in [6.07, 6.45) is 0. The minimum Gasteiger partial charge on any atom is -0.401 e. The molecule has 10 N–H and O–H groups in total. The van der Waals surface area contributed by atoms with Crippen molar-refractivity contribution >= 4 is 47.4 Å². The highest BCUT2D eigenvalue weighted by Gasteiger charge is 2.19. The molecule has 0 heterocycles. The van der Waals surface area contributed by atoms with Gasteiger partial charge in [0.05, 0.1) is 0 Å². The fourth-order valence-corrected chi connectivity index (χ4v) is 1.99. The summed E-state index contributed by atoms with van der Waals surface area (Å²) in [4.78, 5) is 72.0. The van der Waals surface area contributed by atoms with Gasteiger partial charge in [0, 0.05) is 0 Å². The summed E-state index contributed by atoms with van der Waals surface area (Å²) in [6.45, 7) is 0. The average molecular weight is 752 g/mol. The Morgan fingerprint density at radius 2 is 0.524 bits per heavy atom. The first-order valence-electron chi connectivity index (χ1n) is 8.70. The van der Waals surface area contributed by atoms with Crippen molar-refractivity contribution in [1.29, 1.82) is 0 Å². The van der Waals surface area contributed by atoms with Crippen LogP contribution < -0.4 is 9.05 Å². The van der Waals surface area contributed by atoms with Gasteiger partial charge in [0.25, 0.3) is 0 Å². The van der Waals surface area contributed by atoms with Gasteiger partial charge in [0.1, 0.15) is 11.5 Å². The molecule has 0 aliphatic rings. The Bertz CT molecular complexity index is 1100. The second-order valence-electron chi connectivity index (χ2n) is 5.60. The molecule has 0 aromatic heterocycles. The van der Waals surface area contributed by atoms with Crippen LogP contribution in [0.5, 0.6) is 11.5 Å². The third-order valence-corrected chi connectivity index (χ3v) is 2.79. The third kappa shape index (κ3) is 90.2. The number of para-hydroxylation sites is 2. The summed E-state index contributed by atoms with van der Waals surface area (Å²) in [6, 6.07) is 15.2. The van der Waals surface area contributed by atoms with Gasteiger partial charge in [-0.05, 0) is 24.3 Å². The number of halogens is 6. The number of rotatable bonds is 4. The summed E-state index contributed by atoms with van der Waals surface area (Å²) in [5.41, 5.74) is 0. The van der Waals surface area contributed by atoms with Crippen molar-refractivity contribution in [1.82, 2.24) is 0 Å². The van der Waals surface area contributed by atoms with Crippen LogP contribution in [0.3, 0.4) is 0 Å². The first-order chi connectivity index (χ1) is 18.2. The summed E-state index contributed by atoms with van der Waals surface area (Å²) in [7, 11) is -30.3. The van der Waals surface area contributed by atoms with Crippen LogP contribution in [0.15, 0.2) is 60.7 Å². The van der Waals surface area contributed by atoms with E-state index in [0.29, 0.717) is 0 Å². The SMILES string of the molecule is O=P(O)(F)Oc1ccccc1.O=P(O)(F)Oc1ccccc1.O=P(O)(O)F.O=P(O)(O)F.O=P(O)(O)F.O=P(O)(O)F. The van der Waals surface area contributed by atoms with Crippen LogP contribution in [-0.2, 0) is 27.4 Å². The van der Waals surface area contributed by atoms with Crippen molar-refractivity contribution in [2.45, 2.75) is 0 Å². The highest BCUT2D eigenvalue weighted by atomic mass is 31.2. The molecule has 30 heteroatoms. The van der Waals surface area contributed by atoms with E-state index in [1.807, 2.05) is 0 Å². The van der Waals surface area contributed by atoms with Gasteiger partial charge in [-0.3, -0.25) is 48.9 Å². The molecule has 0 bridgehead atoms. The van der Waals surface area contributed by atoms with E-state index in [4.69, 9.17) is 67.2 Å². The fourth-order valence-electron chi connectivity index (χ4n) is 1.22. The summed E-state index contributed by atoms with van der Waals surface area (Å²) < 4.78 is 128. The first kappa shape index (κ1) is 47.5. The third-order valence-electron chi connectivity index (χ3n) is 1.92. The highest BCUT2D eigenvalue weighted by molar-refractivity contribution is 7.47. The van der Waals surface area contributed by atoms with E-state index in [1.54, 1.807) is 36.4 Å². The molecule has 0 spiro atoms. The van der Waals surface area contributed by atoms with Crippen LogP contribution >= 0.6 is 47.4 Å². The minimum absolute atomic E-state index is 0.0424. The second-order valence-corrected chi connectivity index (χ2v) is 11.6. The lowest BCUT2D eigenvalue weighted by molar-refractivity contribution is 0.320. The minimum atomic E-state index is -5.14. The zero-order chi connectivity index (χ0) is 34.6. The smallest absolute Gasteiger partial charge is 0.401 e. The predicted octanol–water partition coefficient (Wildman–Crippen LogP) is 4.47. The molecule has 0 fully saturated rings. The van der Waals surface area contributed by atoms with Crippen molar-refractivity contribution in [2.75, 3.05) is 0 Å².